The van der Waals surface area contributed by atoms with Crippen LogP contribution in [0.25, 0.3) is 0 Å². The van der Waals surface area contributed by atoms with Gasteiger partial charge in [-0.15, -0.1) is 0 Å². The molecule has 1 aliphatic rings. The lowest BCUT2D eigenvalue weighted by atomic mass is 9.96. The van der Waals surface area contributed by atoms with Gasteiger partial charge in [-0.25, -0.2) is 9.59 Å². The highest BCUT2D eigenvalue weighted by Crippen LogP contribution is 2.30. The van der Waals surface area contributed by atoms with Gasteiger partial charge in [0.25, 0.3) is 0 Å². The molecule has 1 fully saturated rings. The van der Waals surface area contributed by atoms with Crippen LogP contribution in [-0.4, -0.2) is 51.1 Å². The smallest absolute Gasteiger partial charge is 0.329 e. The lowest BCUT2D eigenvalue weighted by molar-refractivity contribution is -0.144. The number of amides is 2. The van der Waals surface area contributed by atoms with Crippen LogP contribution in [0.2, 0.25) is 0 Å². The van der Waals surface area contributed by atoms with Crippen molar-refractivity contribution in [1.82, 2.24) is 10.2 Å². The number of hydrogen-bond donors (Lipinski definition) is 2. The second kappa shape index (κ2) is 6.70. The maximum atomic E-state index is 12.3. The maximum Gasteiger partial charge on any atom is 0.329 e. The molecule has 1 heterocycles. The van der Waals surface area contributed by atoms with Gasteiger partial charge in [0.2, 0.25) is 0 Å². The molecule has 5 nitrogen and oxygen atoms in total. The van der Waals surface area contributed by atoms with Crippen molar-refractivity contribution >= 4 is 23.8 Å². The standard InChI is InChI=1S/C14H26N2O3S/c1-5-6-14(4,11(17)18)15-12(19)16-8-7-13(2,3)20-10-9-16/h5-10H2,1-4H3,(H,15,19)(H,17,18). The van der Waals surface area contributed by atoms with Crippen LogP contribution in [0, 0.1) is 0 Å². The molecule has 20 heavy (non-hydrogen) atoms. The van der Waals surface area contributed by atoms with Crippen LogP contribution in [0.5, 0.6) is 0 Å². The second-order valence-corrected chi connectivity index (χ2v) is 7.96. The highest BCUT2D eigenvalue weighted by atomic mass is 32.2. The van der Waals surface area contributed by atoms with Crippen LogP contribution in [0.3, 0.4) is 0 Å². The molecule has 0 aromatic rings. The van der Waals surface area contributed by atoms with E-state index in [4.69, 9.17) is 0 Å². The third-order valence-corrected chi connectivity index (χ3v) is 5.10. The summed E-state index contributed by atoms with van der Waals surface area (Å²) in [5.41, 5.74) is -1.18. The van der Waals surface area contributed by atoms with E-state index in [1.165, 1.54) is 0 Å². The lowest BCUT2D eigenvalue weighted by Gasteiger charge is -2.30. The summed E-state index contributed by atoms with van der Waals surface area (Å²) in [6.45, 7) is 9.19. The molecule has 1 unspecified atom stereocenters. The molecule has 1 rings (SSSR count). The number of thioether (sulfide) groups is 1. The van der Waals surface area contributed by atoms with Crippen molar-refractivity contribution in [2.45, 2.75) is 57.2 Å². The summed E-state index contributed by atoms with van der Waals surface area (Å²) in [5, 5.41) is 12.0. The summed E-state index contributed by atoms with van der Waals surface area (Å²) < 4.78 is 0.175. The number of carbonyl (C=O) groups excluding carboxylic acids is 1. The zero-order valence-corrected chi connectivity index (χ0v) is 13.7. The predicted octanol–water partition coefficient (Wildman–Crippen LogP) is 2.56. The van der Waals surface area contributed by atoms with Gasteiger partial charge in [0.1, 0.15) is 5.54 Å². The third kappa shape index (κ3) is 4.58. The highest BCUT2D eigenvalue weighted by molar-refractivity contribution is 8.00. The monoisotopic (exact) mass is 302 g/mol. The van der Waals surface area contributed by atoms with E-state index in [1.54, 1.807) is 11.8 Å². The Morgan fingerprint density at radius 1 is 1.40 bits per heavy atom. The van der Waals surface area contributed by atoms with Crippen molar-refractivity contribution in [1.29, 1.82) is 0 Å². The zero-order valence-electron chi connectivity index (χ0n) is 12.9. The normalized spacial score (nSPS) is 21.7. The first-order chi connectivity index (χ1) is 9.20. The first-order valence-corrected chi connectivity index (χ1v) is 8.13. The molecule has 0 aromatic carbocycles. The Morgan fingerprint density at radius 2 is 2.05 bits per heavy atom. The Bertz CT molecular complexity index is 373. The summed E-state index contributed by atoms with van der Waals surface area (Å²) in [7, 11) is 0. The van der Waals surface area contributed by atoms with Crippen LogP contribution in [0.4, 0.5) is 4.79 Å². The van der Waals surface area contributed by atoms with Gasteiger partial charge >= 0.3 is 12.0 Å². The van der Waals surface area contributed by atoms with Gasteiger partial charge in [-0.2, -0.15) is 11.8 Å². The summed E-state index contributed by atoms with van der Waals surface area (Å²) in [5.74, 6) is -0.0879. The molecule has 1 saturated heterocycles. The molecule has 0 aliphatic carbocycles. The third-order valence-electron chi connectivity index (χ3n) is 3.73. The lowest BCUT2D eigenvalue weighted by Crippen LogP contribution is -2.56. The van der Waals surface area contributed by atoms with Gasteiger partial charge in [0, 0.05) is 23.6 Å². The minimum Gasteiger partial charge on any atom is -0.480 e. The van der Waals surface area contributed by atoms with E-state index in [0.717, 1.165) is 12.2 Å². The minimum absolute atomic E-state index is 0.175. The molecule has 0 spiro atoms. The van der Waals surface area contributed by atoms with E-state index in [0.29, 0.717) is 25.9 Å². The number of rotatable bonds is 4. The van der Waals surface area contributed by atoms with E-state index in [2.05, 4.69) is 19.2 Å². The van der Waals surface area contributed by atoms with Gasteiger partial charge in [-0.3, -0.25) is 0 Å². The molecule has 2 amide bonds. The van der Waals surface area contributed by atoms with Crippen molar-refractivity contribution in [2.24, 2.45) is 0 Å². The number of carbonyl (C=O) groups is 2. The number of carboxylic acid groups (broad SMARTS) is 1. The highest BCUT2D eigenvalue weighted by Gasteiger charge is 2.36. The van der Waals surface area contributed by atoms with Gasteiger partial charge in [0.05, 0.1) is 0 Å². The number of nitrogens with zero attached hydrogens (tertiary/aromatic N) is 1. The molecular formula is C14H26N2O3S. The summed E-state index contributed by atoms with van der Waals surface area (Å²) in [4.78, 5) is 25.4. The van der Waals surface area contributed by atoms with E-state index in [1.807, 2.05) is 18.7 Å². The topological polar surface area (TPSA) is 69.6 Å². The molecule has 6 heteroatoms. The molecule has 0 bridgehead atoms. The Morgan fingerprint density at radius 3 is 2.60 bits per heavy atom. The fraction of sp³-hybridized carbons (Fsp3) is 0.857. The van der Waals surface area contributed by atoms with Crippen LogP contribution >= 0.6 is 11.8 Å². The van der Waals surface area contributed by atoms with Crippen molar-refractivity contribution in [2.75, 3.05) is 18.8 Å². The Kier molecular flexibility index (Phi) is 5.74. The van der Waals surface area contributed by atoms with Crippen LogP contribution in [-0.2, 0) is 4.79 Å². The van der Waals surface area contributed by atoms with Crippen LogP contribution in [0.15, 0.2) is 0 Å². The van der Waals surface area contributed by atoms with Crippen molar-refractivity contribution in [3.05, 3.63) is 0 Å². The Hall–Kier alpha value is -0.910. The van der Waals surface area contributed by atoms with Crippen LogP contribution < -0.4 is 5.32 Å². The minimum atomic E-state index is -1.18. The molecule has 0 radical (unpaired) electrons. The molecule has 0 saturated carbocycles. The zero-order chi connectivity index (χ0) is 15.4. The number of carboxylic acids is 1. The van der Waals surface area contributed by atoms with E-state index in [-0.39, 0.29) is 10.8 Å². The van der Waals surface area contributed by atoms with Gasteiger partial charge in [-0.05, 0) is 19.8 Å². The summed E-state index contributed by atoms with van der Waals surface area (Å²) in [6, 6.07) is -0.262. The average Bonchev–Trinajstić information content (AvgIpc) is 2.50. The summed E-state index contributed by atoms with van der Waals surface area (Å²) >= 11 is 1.86. The number of nitrogens with one attached hydrogen (secondary N) is 1. The molecule has 1 atom stereocenters. The van der Waals surface area contributed by atoms with Gasteiger partial charge in [0.15, 0.2) is 0 Å². The molecule has 0 aromatic heterocycles. The first kappa shape index (κ1) is 17.1. The van der Waals surface area contributed by atoms with Crippen molar-refractivity contribution < 1.29 is 14.7 Å². The van der Waals surface area contributed by atoms with Gasteiger partial charge < -0.3 is 15.3 Å². The van der Waals surface area contributed by atoms with E-state index >= 15 is 0 Å². The number of aliphatic carboxylic acids is 1. The number of urea groups is 1. The quantitative estimate of drug-likeness (QED) is 0.837. The molecular weight excluding hydrogens is 276 g/mol. The summed E-state index contributed by atoms with van der Waals surface area (Å²) in [6.07, 6.45) is 2.07. The first-order valence-electron chi connectivity index (χ1n) is 7.14. The van der Waals surface area contributed by atoms with E-state index in [9.17, 15) is 14.7 Å². The SMILES string of the molecule is CCCC(C)(NC(=O)N1CCSC(C)(C)CC1)C(=O)O. The van der Waals surface area contributed by atoms with Crippen molar-refractivity contribution in [3.8, 4) is 0 Å². The van der Waals surface area contributed by atoms with Crippen molar-refractivity contribution in [3.63, 3.8) is 0 Å². The van der Waals surface area contributed by atoms with Crippen LogP contribution in [0.1, 0.15) is 47.0 Å². The fourth-order valence-electron chi connectivity index (χ4n) is 2.26. The molecule has 1 aliphatic heterocycles. The molecule has 116 valence electrons. The Labute approximate surface area is 125 Å². The van der Waals surface area contributed by atoms with E-state index < -0.39 is 11.5 Å². The average molecular weight is 302 g/mol. The largest absolute Gasteiger partial charge is 0.480 e. The molecule has 2 N–H and O–H groups in total. The number of hydrogen-bond acceptors (Lipinski definition) is 3. The second-order valence-electron chi connectivity index (χ2n) is 6.16. The predicted molar refractivity (Wildman–Crippen MR) is 82.2 cm³/mol. The maximum absolute atomic E-state index is 12.3. The fourth-order valence-corrected chi connectivity index (χ4v) is 3.36. The Balaban J connectivity index is 2.67. The van der Waals surface area contributed by atoms with Gasteiger partial charge in [-0.1, -0.05) is 27.2 Å².